The number of nitrogens with two attached hydrogens (primary N) is 1. The van der Waals surface area contributed by atoms with Crippen molar-refractivity contribution in [3.8, 4) is 0 Å². The van der Waals surface area contributed by atoms with Gasteiger partial charge in [-0.15, -0.1) is 0 Å². The lowest BCUT2D eigenvalue weighted by atomic mass is 9.94. The molecule has 6 nitrogen and oxygen atoms in total. The summed E-state index contributed by atoms with van der Waals surface area (Å²) in [5, 5.41) is 0. The third kappa shape index (κ3) is 3.07. The second kappa shape index (κ2) is 6.06. The van der Waals surface area contributed by atoms with Gasteiger partial charge in [0.05, 0.1) is 6.61 Å². The molecule has 1 aliphatic heterocycles. The number of hydrogen-bond acceptors (Lipinski definition) is 6. The zero-order valence-electron chi connectivity index (χ0n) is 11.5. The molecular formula is C13H21N3O3. The van der Waals surface area contributed by atoms with Crippen LogP contribution in [0.1, 0.15) is 37.2 Å². The molecular weight excluding hydrogens is 246 g/mol. The summed E-state index contributed by atoms with van der Waals surface area (Å²) in [6.45, 7) is 5.70. The van der Waals surface area contributed by atoms with Crippen molar-refractivity contribution >= 4 is 12.0 Å². The Bertz CT molecular complexity index is 433. The molecule has 0 saturated carbocycles. The van der Waals surface area contributed by atoms with Gasteiger partial charge in [0.15, 0.2) is 5.69 Å². The highest BCUT2D eigenvalue weighted by Gasteiger charge is 2.28. The number of piperidine rings is 1. The molecule has 0 aliphatic carbocycles. The Labute approximate surface area is 112 Å². The predicted molar refractivity (Wildman–Crippen MR) is 71.0 cm³/mol. The summed E-state index contributed by atoms with van der Waals surface area (Å²) >= 11 is 0. The van der Waals surface area contributed by atoms with Crippen LogP contribution in [0.3, 0.4) is 0 Å². The molecule has 2 heterocycles. The van der Waals surface area contributed by atoms with Crippen molar-refractivity contribution in [3.63, 3.8) is 0 Å². The molecule has 0 bridgehead atoms. The van der Waals surface area contributed by atoms with E-state index in [1.165, 1.54) is 6.26 Å². The van der Waals surface area contributed by atoms with Gasteiger partial charge in [-0.05, 0) is 39.2 Å². The Kier molecular flexibility index (Phi) is 4.42. The van der Waals surface area contributed by atoms with E-state index in [1.54, 1.807) is 6.92 Å². The highest BCUT2D eigenvalue weighted by atomic mass is 16.5. The van der Waals surface area contributed by atoms with Crippen molar-refractivity contribution < 1.29 is 13.9 Å². The van der Waals surface area contributed by atoms with Gasteiger partial charge in [0, 0.05) is 12.6 Å². The van der Waals surface area contributed by atoms with Gasteiger partial charge in [-0.3, -0.25) is 0 Å². The number of oxazole rings is 1. The molecule has 2 rings (SSSR count). The monoisotopic (exact) mass is 267 g/mol. The predicted octanol–water partition coefficient (Wildman–Crippen LogP) is 1.41. The number of carbonyl (C=O) groups is 1. The number of esters is 1. The van der Waals surface area contributed by atoms with E-state index in [-0.39, 0.29) is 5.69 Å². The molecule has 2 atom stereocenters. The smallest absolute Gasteiger partial charge is 0.360 e. The fourth-order valence-corrected chi connectivity index (χ4v) is 2.34. The summed E-state index contributed by atoms with van der Waals surface area (Å²) in [5.41, 5.74) is 5.95. The lowest BCUT2D eigenvalue weighted by Gasteiger charge is -2.36. The van der Waals surface area contributed by atoms with Crippen molar-refractivity contribution in [3.05, 3.63) is 12.0 Å². The number of nitrogens with zero attached hydrogens (tertiary/aromatic N) is 2. The fourth-order valence-electron chi connectivity index (χ4n) is 2.34. The van der Waals surface area contributed by atoms with E-state index in [2.05, 4.69) is 16.8 Å². The molecule has 0 radical (unpaired) electrons. The van der Waals surface area contributed by atoms with Crippen LogP contribution >= 0.6 is 0 Å². The van der Waals surface area contributed by atoms with Crippen LogP contribution in [0.2, 0.25) is 0 Å². The molecule has 1 fully saturated rings. The average Bonchev–Trinajstić information content (AvgIpc) is 2.89. The third-order valence-electron chi connectivity index (χ3n) is 3.54. The minimum atomic E-state index is -0.447. The molecule has 0 amide bonds. The van der Waals surface area contributed by atoms with Crippen LogP contribution in [0.5, 0.6) is 0 Å². The van der Waals surface area contributed by atoms with Gasteiger partial charge < -0.3 is 19.8 Å². The molecule has 0 spiro atoms. The average molecular weight is 267 g/mol. The first kappa shape index (κ1) is 13.9. The lowest BCUT2D eigenvalue weighted by Crippen LogP contribution is -2.44. The Balaban J connectivity index is 2.10. The Morgan fingerprint density at radius 2 is 2.42 bits per heavy atom. The molecule has 1 aliphatic rings. The maximum Gasteiger partial charge on any atom is 0.360 e. The topological polar surface area (TPSA) is 81.6 Å². The van der Waals surface area contributed by atoms with E-state index < -0.39 is 5.97 Å². The minimum absolute atomic E-state index is 0.221. The lowest BCUT2D eigenvalue weighted by molar-refractivity contribution is 0.0519. The van der Waals surface area contributed by atoms with Crippen molar-refractivity contribution in [1.29, 1.82) is 0 Å². The number of carbonyl (C=O) groups excluding carboxylic acids is 1. The first-order valence-corrected chi connectivity index (χ1v) is 6.75. The van der Waals surface area contributed by atoms with E-state index in [4.69, 9.17) is 14.9 Å². The molecule has 106 valence electrons. The minimum Gasteiger partial charge on any atom is -0.461 e. The highest BCUT2D eigenvalue weighted by molar-refractivity contribution is 5.87. The zero-order valence-corrected chi connectivity index (χ0v) is 11.5. The van der Waals surface area contributed by atoms with E-state index >= 15 is 0 Å². The van der Waals surface area contributed by atoms with Gasteiger partial charge in [-0.2, -0.15) is 4.98 Å². The van der Waals surface area contributed by atoms with Crippen LogP contribution in [0, 0.1) is 5.92 Å². The van der Waals surface area contributed by atoms with Gasteiger partial charge >= 0.3 is 5.97 Å². The first-order valence-electron chi connectivity index (χ1n) is 6.75. The van der Waals surface area contributed by atoms with Crippen LogP contribution in [0.4, 0.5) is 6.01 Å². The Morgan fingerprint density at radius 3 is 3.11 bits per heavy atom. The summed E-state index contributed by atoms with van der Waals surface area (Å²) < 4.78 is 10.3. The molecule has 1 aromatic heterocycles. The normalized spacial score (nSPS) is 23.4. The van der Waals surface area contributed by atoms with Gasteiger partial charge in [-0.1, -0.05) is 0 Å². The van der Waals surface area contributed by atoms with E-state index in [9.17, 15) is 4.79 Å². The van der Waals surface area contributed by atoms with Crippen LogP contribution in [0.25, 0.3) is 0 Å². The summed E-state index contributed by atoms with van der Waals surface area (Å²) in [5.74, 6) is 0.00619. The van der Waals surface area contributed by atoms with Crippen LogP contribution in [-0.2, 0) is 4.74 Å². The van der Waals surface area contributed by atoms with Crippen LogP contribution in [-0.4, -0.2) is 36.7 Å². The van der Waals surface area contributed by atoms with Crippen molar-refractivity contribution in [1.82, 2.24) is 4.98 Å². The summed E-state index contributed by atoms with van der Waals surface area (Å²) in [4.78, 5) is 17.8. The Morgan fingerprint density at radius 1 is 1.63 bits per heavy atom. The SMILES string of the molecule is CCOC(=O)c1coc(N2CC(CN)CCC2C)n1. The van der Waals surface area contributed by atoms with Crippen LogP contribution in [0.15, 0.2) is 10.7 Å². The number of anilines is 1. The molecule has 1 aromatic rings. The fraction of sp³-hybridized carbons (Fsp3) is 0.692. The Hall–Kier alpha value is -1.56. The second-order valence-electron chi connectivity index (χ2n) is 4.92. The summed E-state index contributed by atoms with van der Waals surface area (Å²) in [7, 11) is 0. The second-order valence-corrected chi connectivity index (χ2v) is 4.92. The van der Waals surface area contributed by atoms with Crippen molar-refractivity contribution in [2.24, 2.45) is 11.7 Å². The van der Waals surface area contributed by atoms with Gasteiger partial charge in [0.25, 0.3) is 6.01 Å². The number of ether oxygens (including phenoxy) is 1. The van der Waals surface area contributed by atoms with Crippen LogP contribution < -0.4 is 10.6 Å². The third-order valence-corrected chi connectivity index (χ3v) is 3.54. The van der Waals surface area contributed by atoms with Gasteiger partial charge in [0.1, 0.15) is 6.26 Å². The van der Waals surface area contributed by atoms with Crippen molar-refractivity contribution in [2.45, 2.75) is 32.7 Å². The molecule has 6 heteroatoms. The molecule has 2 unspecified atom stereocenters. The number of aromatic nitrogens is 1. The molecule has 2 N–H and O–H groups in total. The van der Waals surface area contributed by atoms with E-state index in [0.717, 1.165) is 19.4 Å². The van der Waals surface area contributed by atoms with E-state index in [1.807, 2.05) is 0 Å². The standard InChI is InChI=1S/C13H21N3O3/c1-3-18-12(17)11-8-19-13(15-11)16-7-10(6-14)5-4-9(16)2/h8-10H,3-7,14H2,1-2H3. The number of rotatable bonds is 4. The maximum absolute atomic E-state index is 11.6. The highest BCUT2D eigenvalue weighted by Crippen LogP contribution is 2.26. The molecule has 0 aromatic carbocycles. The van der Waals surface area contributed by atoms with Gasteiger partial charge in [0.2, 0.25) is 0 Å². The quantitative estimate of drug-likeness (QED) is 0.831. The van der Waals surface area contributed by atoms with Crippen molar-refractivity contribution in [2.75, 3.05) is 24.6 Å². The molecule has 1 saturated heterocycles. The maximum atomic E-state index is 11.6. The zero-order chi connectivity index (χ0) is 13.8. The molecule has 19 heavy (non-hydrogen) atoms. The summed E-state index contributed by atoms with van der Waals surface area (Å²) in [6.07, 6.45) is 3.53. The largest absolute Gasteiger partial charge is 0.461 e. The van der Waals surface area contributed by atoms with E-state index in [0.29, 0.717) is 31.1 Å². The summed E-state index contributed by atoms with van der Waals surface area (Å²) in [6, 6.07) is 0.824. The number of hydrogen-bond donors (Lipinski definition) is 1. The van der Waals surface area contributed by atoms with Gasteiger partial charge in [-0.25, -0.2) is 4.79 Å². The first-order chi connectivity index (χ1) is 9.15.